The lowest BCUT2D eigenvalue weighted by molar-refractivity contribution is 0.0846. The molecule has 0 unspecified atom stereocenters. The Morgan fingerprint density at radius 2 is 1.37 bits per heavy atom. The van der Waals surface area contributed by atoms with Gasteiger partial charge in [-0.15, -0.1) is 0 Å². The quantitative estimate of drug-likeness (QED) is 0.784. The van der Waals surface area contributed by atoms with Crippen molar-refractivity contribution in [3.05, 3.63) is 65.7 Å². The zero-order chi connectivity index (χ0) is 19.3. The van der Waals surface area contributed by atoms with Crippen molar-refractivity contribution in [2.45, 2.75) is 24.2 Å². The van der Waals surface area contributed by atoms with Crippen molar-refractivity contribution < 1.29 is 18.0 Å². The van der Waals surface area contributed by atoms with Gasteiger partial charge in [-0.1, -0.05) is 30.7 Å². The van der Waals surface area contributed by atoms with Crippen molar-refractivity contribution in [2.24, 2.45) is 0 Å². The Morgan fingerprint density at radius 3 is 2.04 bits per heavy atom. The minimum atomic E-state index is -3.63. The monoisotopic (exact) mass is 387 g/mol. The first-order valence-electron chi connectivity index (χ1n) is 8.74. The van der Waals surface area contributed by atoms with Gasteiger partial charge in [0.15, 0.2) is 0 Å². The molecule has 7 nitrogen and oxygen atoms in total. The van der Waals surface area contributed by atoms with Crippen LogP contribution in [0.1, 0.15) is 40.0 Å². The summed E-state index contributed by atoms with van der Waals surface area (Å²) < 4.78 is 26.9. The first-order valence-corrected chi connectivity index (χ1v) is 10.2. The molecule has 0 saturated carbocycles. The highest BCUT2D eigenvalue weighted by Crippen LogP contribution is 2.21. The molecule has 0 aromatic heterocycles. The van der Waals surface area contributed by atoms with Crippen molar-refractivity contribution in [1.82, 2.24) is 15.2 Å². The third kappa shape index (κ3) is 4.53. The average Bonchev–Trinajstić information content (AvgIpc) is 2.73. The lowest BCUT2D eigenvalue weighted by Gasteiger charge is -2.26. The fourth-order valence-corrected chi connectivity index (χ4v) is 4.46. The molecular formula is C19H21N3O4S. The van der Waals surface area contributed by atoms with Crippen LogP contribution in [0, 0.1) is 0 Å². The van der Waals surface area contributed by atoms with Crippen molar-refractivity contribution >= 4 is 21.8 Å². The molecule has 1 aliphatic rings. The molecule has 0 spiro atoms. The molecular weight excluding hydrogens is 366 g/mol. The van der Waals surface area contributed by atoms with E-state index in [-0.39, 0.29) is 10.5 Å². The standard InChI is InChI=1S/C19H21N3O4S/c23-18(15-8-3-1-4-9-15)20-21-19(24)16-10-7-11-17(14-16)27(25,26)22-12-5-2-6-13-22/h1,3-4,7-11,14H,2,5-6,12-13H2,(H,20,23)(H,21,24). The minimum absolute atomic E-state index is 0.0754. The molecule has 1 saturated heterocycles. The van der Waals surface area contributed by atoms with Gasteiger partial charge in [0.1, 0.15) is 0 Å². The molecule has 0 atom stereocenters. The molecule has 0 radical (unpaired) electrons. The number of amides is 2. The molecule has 3 rings (SSSR count). The first-order chi connectivity index (χ1) is 13.0. The summed E-state index contributed by atoms with van der Waals surface area (Å²) in [6.07, 6.45) is 2.70. The van der Waals surface area contributed by atoms with Gasteiger partial charge in [-0.25, -0.2) is 8.42 Å². The van der Waals surface area contributed by atoms with Gasteiger partial charge in [-0.3, -0.25) is 20.4 Å². The lowest BCUT2D eigenvalue weighted by atomic mass is 10.2. The maximum Gasteiger partial charge on any atom is 0.269 e. The smallest absolute Gasteiger partial charge is 0.267 e. The van der Waals surface area contributed by atoms with E-state index in [0.29, 0.717) is 18.7 Å². The summed E-state index contributed by atoms with van der Waals surface area (Å²) in [7, 11) is -3.63. The third-order valence-corrected chi connectivity index (χ3v) is 6.27. The van der Waals surface area contributed by atoms with Crippen molar-refractivity contribution in [1.29, 1.82) is 0 Å². The number of hydrogen-bond donors (Lipinski definition) is 2. The van der Waals surface area contributed by atoms with E-state index in [1.165, 1.54) is 28.6 Å². The highest BCUT2D eigenvalue weighted by Gasteiger charge is 2.26. The molecule has 1 heterocycles. The second-order valence-corrected chi connectivity index (χ2v) is 8.20. The normalized spacial score (nSPS) is 15.1. The topological polar surface area (TPSA) is 95.6 Å². The SMILES string of the molecule is O=C(NNC(=O)c1cccc(S(=O)(=O)N2CCCCC2)c1)c1ccccc1. The number of piperidine rings is 1. The number of benzene rings is 2. The molecule has 8 heteroatoms. The van der Waals surface area contributed by atoms with Crippen molar-refractivity contribution in [3.8, 4) is 0 Å². The summed E-state index contributed by atoms with van der Waals surface area (Å²) >= 11 is 0. The fraction of sp³-hybridized carbons (Fsp3) is 0.263. The number of nitrogens with one attached hydrogen (secondary N) is 2. The van der Waals surface area contributed by atoms with Crippen LogP contribution in [0.15, 0.2) is 59.5 Å². The zero-order valence-corrected chi connectivity index (χ0v) is 15.5. The highest BCUT2D eigenvalue weighted by molar-refractivity contribution is 7.89. The summed E-state index contributed by atoms with van der Waals surface area (Å²) in [5.41, 5.74) is 5.19. The molecule has 0 aliphatic carbocycles. The van der Waals surface area contributed by atoms with Gasteiger partial charge < -0.3 is 0 Å². The first kappa shape index (κ1) is 19.1. The van der Waals surface area contributed by atoms with E-state index in [1.807, 2.05) is 0 Å². The van der Waals surface area contributed by atoms with Gasteiger partial charge in [0.25, 0.3) is 11.8 Å². The number of nitrogens with zero attached hydrogens (tertiary/aromatic N) is 1. The van der Waals surface area contributed by atoms with Crippen LogP contribution in [0.3, 0.4) is 0 Å². The van der Waals surface area contributed by atoms with Crippen LogP contribution in [0.2, 0.25) is 0 Å². The largest absolute Gasteiger partial charge is 0.269 e. The Hall–Kier alpha value is -2.71. The number of carbonyl (C=O) groups is 2. The van der Waals surface area contributed by atoms with Crippen LogP contribution in [0.5, 0.6) is 0 Å². The van der Waals surface area contributed by atoms with Crippen molar-refractivity contribution in [3.63, 3.8) is 0 Å². The van der Waals surface area contributed by atoms with Crippen LogP contribution in [-0.2, 0) is 10.0 Å². The number of hydrazine groups is 1. The van der Waals surface area contributed by atoms with E-state index >= 15 is 0 Å². The number of rotatable bonds is 4. The molecule has 0 bridgehead atoms. The summed E-state index contributed by atoms with van der Waals surface area (Å²) in [4.78, 5) is 24.4. The van der Waals surface area contributed by atoms with E-state index in [2.05, 4.69) is 10.9 Å². The second kappa shape index (κ2) is 8.32. The van der Waals surface area contributed by atoms with Crippen LogP contribution in [0.4, 0.5) is 0 Å². The predicted molar refractivity (Wildman–Crippen MR) is 100 cm³/mol. The number of sulfonamides is 1. The van der Waals surface area contributed by atoms with Crippen LogP contribution in [-0.4, -0.2) is 37.6 Å². The molecule has 2 amide bonds. The zero-order valence-electron chi connectivity index (χ0n) is 14.7. The Labute approximate surface area is 158 Å². The molecule has 2 aromatic rings. The third-order valence-electron chi connectivity index (χ3n) is 4.37. The number of carbonyl (C=O) groups excluding carboxylic acids is 2. The molecule has 2 N–H and O–H groups in total. The van der Waals surface area contributed by atoms with Crippen molar-refractivity contribution in [2.75, 3.05) is 13.1 Å². The van der Waals surface area contributed by atoms with Crippen LogP contribution < -0.4 is 10.9 Å². The molecule has 27 heavy (non-hydrogen) atoms. The Kier molecular flexibility index (Phi) is 5.88. The van der Waals surface area contributed by atoms with Gasteiger partial charge in [-0.2, -0.15) is 4.31 Å². The summed E-state index contributed by atoms with van der Waals surface area (Å²) in [6, 6.07) is 14.3. The van der Waals surface area contributed by atoms with E-state index < -0.39 is 21.8 Å². The molecule has 1 aliphatic heterocycles. The maximum atomic E-state index is 12.7. The van der Waals surface area contributed by atoms with Gasteiger partial charge in [-0.05, 0) is 43.2 Å². The van der Waals surface area contributed by atoms with Gasteiger partial charge in [0.2, 0.25) is 10.0 Å². The Bertz CT molecular complexity index is 923. The van der Waals surface area contributed by atoms with Gasteiger partial charge in [0.05, 0.1) is 4.90 Å². The highest BCUT2D eigenvalue weighted by atomic mass is 32.2. The molecule has 142 valence electrons. The Morgan fingerprint density at radius 1 is 0.778 bits per heavy atom. The molecule has 2 aromatic carbocycles. The van der Waals surface area contributed by atoms with E-state index in [9.17, 15) is 18.0 Å². The van der Waals surface area contributed by atoms with E-state index in [0.717, 1.165) is 19.3 Å². The Balaban J connectivity index is 1.69. The molecule has 1 fully saturated rings. The average molecular weight is 387 g/mol. The van der Waals surface area contributed by atoms with Gasteiger partial charge >= 0.3 is 0 Å². The fourth-order valence-electron chi connectivity index (χ4n) is 2.90. The second-order valence-electron chi connectivity index (χ2n) is 6.27. The summed E-state index contributed by atoms with van der Waals surface area (Å²) in [6.45, 7) is 0.984. The van der Waals surface area contributed by atoms with E-state index in [4.69, 9.17) is 0 Å². The van der Waals surface area contributed by atoms with E-state index in [1.54, 1.807) is 30.3 Å². The van der Waals surface area contributed by atoms with Crippen LogP contribution in [0.25, 0.3) is 0 Å². The minimum Gasteiger partial charge on any atom is -0.267 e. The summed E-state index contributed by atoms with van der Waals surface area (Å²) in [5, 5.41) is 0. The number of hydrogen-bond acceptors (Lipinski definition) is 4. The summed E-state index contributed by atoms with van der Waals surface area (Å²) in [5.74, 6) is -1.05. The lowest BCUT2D eigenvalue weighted by Crippen LogP contribution is -2.41. The van der Waals surface area contributed by atoms with Gasteiger partial charge in [0, 0.05) is 24.2 Å². The maximum absolute atomic E-state index is 12.7. The van der Waals surface area contributed by atoms with Crippen LogP contribution >= 0.6 is 0 Å². The predicted octanol–water partition coefficient (Wildman–Crippen LogP) is 1.94.